The van der Waals surface area contributed by atoms with Crippen molar-refractivity contribution >= 4 is 38.8 Å². The van der Waals surface area contributed by atoms with Crippen LogP contribution >= 0.6 is 0 Å². The lowest BCUT2D eigenvalue weighted by Gasteiger charge is -2.09. The van der Waals surface area contributed by atoms with Gasteiger partial charge in [0.1, 0.15) is 10.7 Å². The van der Waals surface area contributed by atoms with E-state index >= 15 is 0 Å². The SMILES string of the molecule is O=S(=O)(Nc1ccc2[nH]nc(C=Cc3ccccn3)c2c1)c1ccccc1F. The molecule has 0 fully saturated rings. The summed E-state index contributed by atoms with van der Waals surface area (Å²) in [7, 11) is -4.05. The number of fused-ring (bicyclic) bond motifs is 1. The summed E-state index contributed by atoms with van der Waals surface area (Å²) >= 11 is 0. The minimum atomic E-state index is -4.05. The lowest BCUT2D eigenvalue weighted by molar-refractivity contribution is 0.570. The van der Waals surface area contributed by atoms with Crippen LogP contribution in [0.25, 0.3) is 23.1 Å². The zero-order valence-electron chi connectivity index (χ0n) is 14.5. The third-order valence-electron chi connectivity index (χ3n) is 4.07. The van der Waals surface area contributed by atoms with E-state index in [1.54, 1.807) is 30.5 Å². The number of aromatic nitrogens is 3. The molecule has 2 N–H and O–H groups in total. The molecule has 0 saturated carbocycles. The molecule has 0 amide bonds. The van der Waals surface area contributed by atoms with Gasteiger partial charge in [-0.05, 0) is 54.6 Å². The van der Waals surface area contributed by atoms with Gasteiger partial charge in [0.05, 0.1) is 16.9 Å². The molecule has 0 aliphatic carbocycles. The van der Waals surface area contributed by atoms with Gasteiger partial charge in [-0.15, -0.1) is 0 Å². The molecule has 0 aliphatic rings. The number of benzene rings is 2. The number of nitrogens with one attached hydrogen (secondary N) is 2. The van der Waals surface area contributed by atoms with Crippen LogP contribution in [-0.4, -0.2) is 23.6 Å². The summed E-state index contributed by atoms with van der Waals surface area (Å²) in [5.74, 6) is -0.807. The van der Waals surface area contributed by atoms with Crippen molar-refractivity contribution in [1.82, 2.24) is 15.2 Å². The van der Waals surface area contributed by atoms with Crippen molar-refractivity contribution in [2.75, 3.05) is 4.72 Å². The molecule has 0 atom stereocenters. The van der Waals surface area contributed by atoms with E-state index in [4.69, 9.17) is 0 Å². The molecule has 6 nitrogen and oxygen atoms in total. The molecule has 0 unspecified atom stereocenters. The van der Waals surface area contributed by atoms with E-state index in [-0.39, 0.29) is 0 Å². The second kappa shape index (κ2) is 7.24. The van der Waals surface area contributed by atoms with E-state index in [0.29, 0.717) is 11.4 Å². The second-order valence-corrected chi connectivity index (χ2v) is 7.64. The number of sulfonamides is 1. The molecule has 0 saturated heterocycles. The predicted molar refractivity (Wildman–Crippen MR) is 106 cm³/mol. The molecular weight excluding hydrogens is 379 g/mol. The summed E-state index contributed by atoms with van der Waals surface area (Å²) in [6.45, 7) is 0. The third-order valence-corrected chi connectivity index (χ3v) is 5.48. The van der Waals surface area contributed by atoms with Gasteiger partial charge in [0.15, 0.2) is 0 Å². The van der Waals surface area contributed by atoms with Gasteiger partial charge < -0.3 is 0 Å². The lowest BCUT2D eigenvalue weighted by atomic mass is 10.2. The van der Waals surface area contributed by atoms with E-state index in [0.717, 1.165) is 22.7 Å². The summed E-state index contributed by atoms with van der Waals surface area (Å²) in [6.07, 6.45) is 5.29. The van der Waals surface area contributed by atoms with Crippen molar-refractivity contribution < 1.29 is 12.8 Å². The van der Waals surface area contributed by atoms with Crippen molar-refractivity contribution in [1.29, 1.82) is 0 Å². The Morgan fingerprint density at radius 1 is 1.00 bits per heavy atom. The molecule has 28 heavy (non-hydrogen) atoms. The van der Waals surface area contributed by atoms with Gasteiger partial charge >= 0.3 is 0 Å². The Kier molecular flexibility index (Phi) is 4.62. The van der Waals surface area contributed by atoms with Gasteiger partial charge in [-0.3, -0.25) is 14.8 Å². The minimum absolute atomic E-state index is 0.310. The Balaban J connectivity index is 1.66. The second-order valence-electron chi connectivity index (χ2n) is 5.99. The Bertz CT molecular complexity index is 1270. The van der Waals surface area contributed by atoms with E-state index in [1.807, 2.05) is 24.3 Å². The topological polar surface area (TPSA) is 87.7 Å². The maximum absolute atomic E-state index is 13.9. The minimum Gasteiger partial charge on any atom is -0.280 e. The first kappa shape index (κ1) is 17.9. The molecule has 0 radical (unpaired) electrons. The smallest absolute Gasteiger partial charge is 0.264 e. The lowest BCUT2D eigenvalue weighted by Crippen LogP contribution is -2.14. The van der Waals surface area contributed by atoms with E-state index < -0.39 is 20.7 Å². The zero-order valence-corrected chi connectivity index (χ0v) is 15.3. The van der Waals surface area contributed by atoms with E-state index in [2.05, 4.69) is 19.9 Å². The Morgan fingerprint density at radius 3 is 2.61 bits per heavy atom. The molecule has 0 aliphatic heterocycles. The summed E-state index contributed by atoms with van der Waals surface area (Å²) in [5, 5.41) is 7.86. The monoisotopic (exact) mass is 394 g/mol. The van der Waals surface area contributed by atoms with Crippen molar-refractivity contribution in [3.05, 3.63) is 84.1 Å². The molecule has 8 heteroatoms. The Hall–Kier alpha value is -3.52. The van der Waals surface area contributed by atoms with Crippen LogP contribution in [0.1, 0.15) is 11.4 Å². The van der Waals surface area contributed by atoms with Gasteiger partial charge in [-0.1, -0.05) is 18.2 Å². The zero-order chi connectivity index (χ0) is 19.6. The van der Waals surface area contributed by atoms with Crippen molar-refractivity contribution in [3.8, 4) is 0 Å². The van der Waals surface area contributed by atoms with Gasteiger partial charge in [-0.25, -0.2) is 12.8 Å². The summed E-state index contributed by atoms with van der Waals surface area (Å²) in [5.41, 5.74) is 2.46. The standard InChI is InChI=1S/C20H15FN4O2S/c21-17-6-1-2-7-20(17)28(26,27)25-15-9-11-19-16(13-15)18(23-24-19)10-8-14-5-3-4-12-22-14/h1-13,25H,(H,23,24). The number of halogens is 1. The first-order valence-electron chi connectivity index (χ1n) is 8.37. The fraction of sp³-hybridized carbons (Fsp3) is 0. The third kappa shape index (κ3) is 3.63. The first-order valence-corrected chi connectivity index (χ1v) is 9.86. The van der Waals surface area contributed by atoms with E-state index in [9.17, 15) is 12.8 Å². The molecule has 2 aromatic heterocycles. The van der Waals surface area contributed by atoms with Gasteiger partial charge in [0, 0.05) is 17.3 Å². The largest absolute Gasteiger partial charge is 0.280 e. The number of hydrogen-bond donors (Lipinski definition) is 2. The molecule has 4 aromatic rings. The molecule has 0 spiro atoms. The van der Waals surface area contributed by atoms with Crippen LogP contribution in [0, 0.1) is 5.82 Å². The van der Waals surface area contributed by atoms with Crippen LogP contribution in [-0.2, 0) is 10.0 Å². The number of rotatable bonds is 5. The highest BCUT2D eigenvalue weighted by molar-refractivity contribution is 7.92. The fourth-order valence-corrected chi connectivity index (χ4v) is 3.87. The summed E-state index contributed by atoms with van der Waals surface area (Å²) < 4.78 is 41.3. The summed E-state index contributed by atoms with van der Waals surface area (Å²) in [4.78, 5) is 3.81. The highest BCUT2D eigenvalue weighted by Crippen LogP contribution is 2.24. The van der Waals surface area contributed by atoms with Crippen molar-refractivity contribution in [2.45, 2.75) is 4.90 Å². The maximum atomic E-state index is 13.9. The van der Waals surface area contributed by atoms with Crippen LogP contribution in [0.4, 0.5) is 10.1 Å². The fourth-order valence-electron chi connectivity index (χ4n) is 2.74. The predicted octanol–water partition coefficient (Wildman–Crippen LogP) is 4.07. The van der Waals surface area contributed by atoms with Crippen molar-refractivity contribution in [3.63, 3.8) is 0 Å². The number of hydrogen-bond acceptors (Lipinski definition) is 4. The number of anilines is 1. The normalized spacial score (nSPS) is 11.9. The molecule has 140 valence electrons. The Labute approximate surface area is 160 Å². The van der Waals surface area contributed by atoms with Gasteiger partial charge in [0.25, 0.3) is 10.0 Å². The number of aromatic amines is 1. The van der Waals surface area contributed by atoms with Gasteiger partial charge in [-0.2, -0.15) is 5.10 Å². The van der Waals surface area contributed by atoms with E-state index in [1.165, 1.54) is 18.2 Å². The molecule has 4 rings (SSSR count). The van der Waals surface area contributed by atoms with Crippen LogP contribution in [0.3, 0.4) is 0 Å². The highest BCUT2D eigenvalue weighted by atomic mass is 32.2. The van der Waals surface area contributed by atoms with Crippen molar-refractivity contribution in [2.24, 2.45) is 0 Å². The summed E-state index contributed by atoms with van der Waals surface area (Å²) in [6, 6.07) is 15.7. The number of nitrogens with zero attached hydrogens (tertiary/aromatic N) is 2. The number of pyridine rings is 1. The van der Waals surface area contributed by atoms with Crippen LogP contribution in [0.5, 0.6) is 0 Å². The molecular formula is C20H15FN4O2S. The first-order chi connectivity index (χ1) is 13.5. The van der Waals surface area contributed by atoms with Crippen LogP contribution in [0.2, 0.25) is 0 Å². The van der Waals surface area contributed by atoms with Crippen LogP contribution < -0.4 is 4.72 Å². The Morgan fingerprint density at radius 2 is 1.82 bits per heavy atom. The quantitative estimate of drug-likeness (QED) is 0.534. The maximum Gasteiger partial charge on any atom is 0.264 e. The molecule has 0 bridgehead atoms. The average Bonchev–Trinajstić information content (AvgIpc) is 3.09. The van der Waals surface area contributed by atoms with Crippen LogP contribution in [0.15, 0.2) is 71.8 Å². The van der Waals surface area contributed by atoms with Gasteiger partial charge in [0.2, 0.25) is 0 Å². The highest BCUT2D eigenvalue weighted by Gasteiger charge is 2.19. The average molecular weight is 394 g/mol. The molecule has 2 aromatic carbocycles. The molecule has 2 heterocycles. The number of H-pyrrole nitrogens is 1.